The Morgan fingerprint density at radius 1 is 1.52 bits per heavy atom. The topological polar surface area (TPSA) is 54.0 Å². The molecular formula is C14H20ClN3OS2. The van der Waals surface area contributed by atoms with Crippen molar-refractivity contribution in [2.75, 3.05) is 35.7 Å². The molecular weight excluding hydrogens is 326 g/mol. The molecule has 0 spiro atoms. The number of hydrogen-bond acceptors (Lipinski definition) is 5. The van der Waals surface area contributed by atoms with E-state index in [1.807, 2.05) is 23.5 Å². The van der Waals surface area contributed by atoms with Crippen LogP contribution in [-0.4, -0.2) is 46.5 Å². The van der Waals surface area contributed by atoms with E-state index in [-0.39, 0.29) is 5.91 Å². The minimum Gasteiger partial charge on any atom is -0.370 e. The number of nitrogens with one attached hydrogen (secondary N) is 2. The fourth-order valence-electron chi connectivity index (χ4n) is 1.92. The van der Waals surface area contributed by atoms with Crippen LogP contribution in [0.15, 0.2) is 12.3 Å². The molecule has 0 saturated carbocycles. The van der Waals surface area contributed by atoms with Crippen molar-refractivity contribution >= 4 is 46.8 Å². The molecule has 1 fully saturated rings. The minimum absolute atomic E-state index is 0.127. The number of pyridine rings is 1. The number of nitrogens with zero attached hydrogens (tertiary/aromatic N) is 1. The molecule has 0 aromatic carbocycles. The Morgan fingerprint density at radius 2 is 2.38 bits per heavy atom. The van der Waals surface area contributed by atoms with Gasteiger partial charge < -0.3 is 10.6 Å². The third kappa shape index (κ3) is 5.27. The second-order valence-corrected chi connectivity index (χ2v) is 7.72. The Kier molecular flexibility index (Phi) is 6.99. The lowest BCUT2D eigenvalue weighted by Gasteiger charge is -2.21. The number of amides is 1. The van der Waals surface area contributed by atoms with E-state index < -0.39 is 0 Å². The number of carbonyl (C=O) groups excluding carboxylic acids is 1. The Hall–Kier alpha value is -0.590. The summed E-state index contributed by atoms with van der Waals surface area (Å²) in [6.07, 6.45) is 2.53. The number of carbonyl (C=O) groups is 1. The third-order valence-corrected chi connectivity index (χ3v) is 6.18. The van der Waals surface area contributed by atoms with Crippen molar-refractivity contribution < 1.29 is 4.79 Å². The fraction of sp³-hybridized carbons (Fsp3) is 0.571. The molecule has 7 heteroatoms. The highest BCUT2D eigenvalue weighted by Crippen LogP contribution is 2.23. The van der Waals surface area contributed by atoms with Gasteiger partial charge in [-0.1, -0.05) is 18.5 Å². The van der Waals surface area contributed by atoms with Crippen LogP contribution in [0.25, 0.3) is 0 Å². The number of thioether (sulfide) groups is 2. The highest BCUT2D eigenvalue weighted by Gasteiger charge is 2.17. The van der Waals surface area contributed by atoms with Gasteiger partial charge in [-0.05, 0) is 12.5 Å². The van der Waals surface area contributed by atoms with Gasteiger partial charge in [-0.2, -0.15) is 23.5 Å². The van der Waals surface area contributed by atoms with Gasteiger partial charge in [-0.25, -0.2) is 4.98 Å². The SMILES string of the molecule is CCCNc1cc(C(=O)NCC2CSCCS2)c(Cl)cn1. The predicted octanol–water partition coefficient (Wildman–Crippen LogP) is 3.14. The van der Waals surface area contributed by atoms with Gasteiger partial charge >= 0.3 is 0 Å². The van der Waals surface area contributed by atoms with E-state index >= 15 is 0 Å². The van der Waals surface area contributed by atoms with Gasteiger partial charge in [-0.15, -0.1) is 0 Å². The van der Waals surface area contributed by atoms with Gasteiger partial charge in [0.1, 0.15) is 5.82 Å². The molecule has 1 unspecified atom stereocenters. The summed E-state index contributed by atoms with van der Waals surface area (Å²) in [6.45, 7) is 3.59. The quantitative estimate of drug-likeness (QED) is 0.829. The van der Waals surface area contributed by atoms with Crippen molar-refractivity contribution in [3.8, 4) is 0 Å². The number of hydrogen-bond donors (Lipinski definition) is 2. The van der Waals surface area contributed by atoms with E-state index in [9.17, 15) is 4.79 Å². The molecule has 1 aromatic rings. The largest absolute Gasteiger partial charge is 0.370 e. The zero-order valence-corrected chi connectivity index (χ0v) is 14.4. The maximum Gasteiger partial charge on any atom is 0.253 e. The molecule has 0 aliphatic carbocycles. The highest BCUT2D eigenvalue weighted by atomic mass is 35.5. The van der Waals surface area contributed by atoms with Crippen LogP contribution in [0.1, 0.15) is 23.7 Å². The highest BCUT2D eigenvalue weighted by molar-refractivity contribution is 8.06. The van der Waals surface area contributed by atoms with Crippen LogP contribution in [0.5, 0.6) is 0 Å². The van der Waals surface area contributed by atoms with Gasteiger partial charge in [0.15, 0.2) is 0 Å². The smallest absolute Gasteiger partial charge is 0.253 e. The summed E-state index contributed by atoms with van der Waals surface area (Å²) in [6, 6.07) is 1.72. The van der Waals surface area contributed by atoms with Crippen molar-refractivity contribution in [3.63, 3.8) is 0 Å². The summed E-state index contributed by atoms with van der Waals surface area (Å²) in [4.78, 5) is 16.4. The molecule has 2 heterocycles. The second-order valence-electron chi connectivity index (χ2n) is 4.75. The first kappa shape index (κ1) is 16.8. The molecule has 21 heavy (non-hydrogen) atoms. The van der Waals surface area contributed by atoms with Crippen LogP contribution in [0.4, 0.5) is 5.82 Å². The zero-order chi connectivity index (χ0) is 15.1. The standard InChI is InChI=1S/C14H20ClN3OS2/c1-2-3-16-13-6-11(12(15)8-17-13)14(19)18-7-10-9-20-4-5-21-10/h6,8,10H,2-5,7,9H2,1H3,(H,16,17)(H,18,19). The van der Waals surface area contributed by atoms with Crippen molar-refractivity contribution in [1.82, 2.24) is 10.3 Å². The van der Waals surface area contributed by atoms with Crippen molar-refractivity contribution in [1.29, 1.82) is 0 Å². The Balaban J connectivity index is 1.93. The van der Waals surface area contributed by atoms with Gasteiger partial charge in [0, 0.05) is 41.8 Å². The number of halogens is 1. The van der Waals surface area contributed by atoms with Crippen LogP contribution in [0.3, 0.4) is 0 Å². The van der Waals surface area contributed by atoms with Gasteiger partial charge in [0.05, 0.1) is 10.6 Å². The number of aromatic nitrogens is 1. The summed E-state index contributed by atoms with van der Waals surface area (Å²) >= 11 is 9.96. The molecule has 4 nitrogen and oxygen atoms in total. The summed E-state index contributed by atoms with van der Waals surface area (Å²) < 4.78 is 0. The van der Waals surface area contributed by atoms with Crippen molar-refractivity contribution in [2.24, 2.45) is 0 Å². The molecule has 1 aliphatic rings. The van der Waals surface area contributed by atoms with Crippen LogP contribution in [0.2, 0.25) is 5.02 Å². The van der Waals surface area contributed by atoms with Gasteiger partial charge in [-0.3, -0.25) is 4.79 Å². The molecule has 1 saturated heterocycles. The molecule has 1 aromatic heterocycles. The van der Waals surface area contributed by atoms with E-state index in [1.165, 1.54) is 11.9 Å². The minimum atomic E-state index is -0.127. The van der Waals surface area contributed by atoms with Crippen molar-refractivity contribution in [3.05, 3.63) is 22.8 Å². The Labute approximate surface area is 139 Å². The third-order valence-electron chi connectivity index (χ3n) is 3.03. The second kappa shape index (κ2) is 8.76. The lowest BCUT2D eigenvalue weighted by molar-refractivity contribution is 0.0954. The van der Waals surface area contributed by atoms with Gasteiger partial charge in [0.25, 0.3) is 5.91 Å². The molecule has 1 amide bonds. The van der Waals surface area contributed by atoms with Crippen LogP contribution in [0, 0.1) is 0 Å². The van der Waals surface area contributed by atoms with Crippen LogP contribution >= 0.6 is 35.1 Å². The molecule has 2 N–H and O–H groups in total. The predicted molar refractivity (Wildman–Crippen MR) is 93.9 cm³/mol. The van der Waals surface area contributed by atoms with Crippen LogP contribution in [-0.2, 0) is 0 Å². The molecule has 1 atom stereocenters. The maximum atomic E-state index is 12.3. The van der Waals surface area contributed by atoms with E-state index in [1.54, 1.807) is 6.07 Å². The molecule has 0 bridgehead atoms. The Bertz CT molecular complexity index is 481. The van der Waals surface area contributed by atoms with E-state index in [2.05, 4.69) is 22.5 Å². The summed E-state index contributed by atoms with van der Waals surface area (Å²) in [7, 11) is 0. The monoisotopic (exact) mass is 345 g/mol. The molecule has 1 aliphatic heterocycles. The fourth-order valence-corrected chi connectivity index (χ4v) is 4.72. The summed E-state index contributed by atoms with van der Waals surface area (Å²) in [5.74, 6) is 4.02. The molecule has 116 valence electrons. The number of rotatable bonds is 6. The lowest BCUT2D eigenvalue weighted by Crippen LogP contribution is -2.33. The maximum absolute atomic E-state index is 12.3. The first-order chi connectivity index (χ1) is 10.2. The average Bonchev–Trinajstić information content (AvgIpc) is 2.53. The number of anilines is 1. The lowest BCUT2D eigenvalue weighted by atomic mass is 10.2. The van der Waals surface area contributed by atoms with E-state index in [4.69, 9.17) is 11.6 Å². The molecule has 2 rings (SSSR count). The Morgan fingerprint density at radius 3 is 3.10 bits per heavy atom. The summed E-state index contributed by atoms with van der Waals surface area (Å²) in [5.41, 5.74) is 0.485. The molecule has 0 radical (unpaired) electrons. The average molecular weight is 346 g/mol. The van der Waals surface area contributed by atoms with E-state index in [0.717, 1.165) is 24.5 Å². The first-order valence-electron chi connectivity index (χ1n) is 7.07. The normalized spacial score (nSPS) is 18.3. The van der Waals surface area contributed by atoms with Crippen LogP contribution < -0.4 is 10.6 Å². The first-order valence-corrected chi connectivity index (χ1v) is 9.65. The van der Waals surface area contributed by atoms with Crippen molar-refractivity contribution in [2.45, 2.75) is 18.6 Å². The van der Waals surface area contributed by atoms with E-state index in [0.29, 0.717) is 28.2 Å². The summed E-state index contributed by atoms with van der Waals surface area (Å²) in [5, 5.41) is 7.03. The zero-order valence-electron chi connectivity index (χ0n) is 12.0. The van der Waals surface area contributed by atoms with Gasteiger partial charge in [0.2, 0.25) is 0 Å².